The number of benzene rings is 1. The summed E-state index contributed by atoms with van der Waals surface area (Å²) in [7, 11) is 0. The number of carbonyl (C=O) groups excluding carboxylic acids is 2. The summed E-state index contributed by atoms with van der Waals surface area (Å²) in [6, 6.07) is 7.17. The van der Waals surface area contributed by atoms with E-state index in [-0.39, 0.29) is 11.8 Å². The minimum atomic E-state index is -0.332. The number of hydrogen-bond acceptors (Lipinski definition) is 4. The van der Waals surface area contributed by atoms with Gasteiger partial charge in [-0.25, -0.2) is 0 Å². The molecule has 33 heavy (non-hydrogen) atoms. The van der Waals surface area contributed by atoms with Crippen molar-refractivity contribution in [3.8, 4) is 6.07 Å². The van der Waals surface area contributed by atoms with Crippen molar-refractivity contribution >= 4 is 35.2 Å². The Morgan fingerprint density at radius 2 is 1.91 bits per heavy atom. The summed E-state index contributed by atoms with van der Waals surface area (Å²) >= 11 is 6.33. The Labute approximate surface area is 199 Å². The van der Waals surface area contributed by atoms with Crippen LogP contribution in [0.15, 0.2) is 36.2 Å². The molecule has 7 heteroatoms. The number of aryl methyl sites for hydroxylation is 1. The lowest BCUT2D eigenvalue weighted by Crippen LogP contribution is -2.39. The van der Waals surface area contributed by atoms with Crippen molar-refractivity contribution < 1.29 is 9.59 Å². The summed E-state index contributed by atoms with van der Waals surface area (Å²) in [5.41, 5.74) is 4.25. The van der Waals surface area contributed by atoms with Crippen LogP contribution in [0.2, 0.25) is 5.02 Å². The topological polar surface area (TPSA) is 86.1 Å². The standard InChI is InChI=1S/C26H27ClN4O2/c1-17-10-23(27)13-21(24(17)30-25(32)22-12-19(14-28)15-29-16-22)11-18-6-8-31(9-7-18)26(33)20-4-2-3-5-20/h10-13,15-16,20H,2-9H2,1H3,(H,30,32). The highest BCUT2D eigenvalue weighted by Crippen LogP contribution is 2.32. The molecule has 1 aromatic heterocycles. The van der Waals surface area contributed by atoms with E-state index in [9.17, 15) is 9.59 Å². The van der Waals surface area contributed by atoms with Crippen LogP contribution in [0.3, 0.4) is 0 Å². The molecule has 6 nitrogen and oxygen atoms in total. The zero-order valence-corrected chi connectivity index (χ0v) is 19.5. The van der Waals surface area contributed by atoms with Gasteiger partial charge in [-0.05, 0) is 61.9 Å². The molecule has 1 aliphatic carbocycles. The third-order valence-corrected chi connectivity index (χ3v) is 6.70. The molecule has 2 heterocycles. The fourth-order valence-corrected chi connectivity index (χ4v) is 4.96. The average Bonchev–Trinajstić information content (AvgIpc) is 3.36. The van der Waals surface area contributed by atoms with Crippen LogP contribution in [0, 0.1) is 24.2 Å². The highest BCUT2D eigenvalue weighted by Gasteiger charge is 2.28. The molecule has 1 N–H and O–H groups in total. The lowest BCUT2D eigenvalue weighted by molar-refractivity contribution is -0.135. The normalized spacial score (nSPS) is 16.4. The Balaban J connectivity index is 1.51. The molecular weight excluding hydrogens is 436 g/mol. The molecule has 0 radical (unpaired) electrons. The van der Waals surface area contributed by atoms with E-state index in [2.05, 4.69) is 16.4 Å². The minimum absolute atomic E-state index is 0.210. The lowest BCUT2D eigenvalue weighted by Gasteiger charge is -2.30. The van der Waals surface area contributed by atoms with Crippen LogP contribution >= 0.6 is 11.6 Å². The summed E-state index contributed by atoms with van der Waals surface area (Å²) in [5, 5.41) is 12.6. The smallest absolute Gasteiger partial charge is 0.257 e. The van der Waals surface area contributed by atoms with Gasteiger partial charge < -0.3 is 10.2 Å². The summed E-state index contributed by atoms with van der Waals surface area (Å²) in [4.78, 5) is 31.6. The second-order valence-electron chi connectivity index (χ2n) is 8.82. The van der Waals surface area contributed by atoms with Gasteiger partial charge in [-0.15, -0.1) is 0 Å². The number of aromatic nitrogens is 1. The maximum absolute atomic E-state index is 12.8. The van der Waals surface area contributed by atoms with Crippen LogP contribution in [0.5, 0.6) is 0 Å². The highest BCUT2D eigenvalue weighted by atomic mass is 35.5. The van der Waals surface area contributed by atoms with Crippen LogP contribution < -0.4 is 5.32 Å². The summed E-state index contributed by atoms with van der Waals surface area (Å²) in [6.45, 7) is 3.36. The maximum atomic E-state index is 12.8. The molecule has 1 aromatic carbocycles. The van der Waals surface area contributed by atoms with Gasteiger partial charge in [0.25, 0.3) is 5.91 Å². The summed E-state index contributed by atoms with van der Waals surface area (Å²) in [5.74, 6) is 0.190. The van der Waals surface area contributed by atoms with E-state index in [0.717, 1.165) is 62.7 Å². The molecule has 1 saturated heterocycles. The molecular formula is C26H27ClN4O2. The third kappa shape index (κ3) is 5.43. The van der Waals surface area contributed by atoms with Crippen LogP contribution in [0.4, 0.5) is 5.69 Å². The Morgan fingerprint density at radius 1 is 1.18 bits per heavy atom. The van der Waals surface area contributed by atoms with E-state index in [4.69, 9.17) is 16.9 Å². The van der Waals surface area contributed by atoms with E-state index in [0.29, 0.717) is 27.7 Å². The van der Waals surface area contributed by atoms with Crippen LogP contribution in [0.25, 0.3) is 6.08 Å². The van der Waals surface area contributed by atoms with Gasteiger partial charge in [0, 0.05) is 36.4 Å². The number of piperidine rings is 1. The number of hydrogen-bond donors (Lipinski definition) is 1. The van der Waals surface area contributed by atoms with Crippen molar-refractivity contribution in [1.29, 1.82) is 5.26 Å². The fourth-order valence-electron chi connectivity index (χ4n) is 4.67. The molecule has 0 atom stereocenters. The zero-order chi connectivity index (χ0) is 23.4. The molecule has 4 rings (SSSR count). The van der Waals surface area contributed by atoms with E-state index < -0.39 is 0 Å². The first-order chi connectivity index (χ1) is 15.9. The van der Waals surface area contributed by atoms with Gasteiger partial charge in [-0.3, -0.25) is 14.6 Å². The first kappa shape index (κ1) is 23.0. The van der Waals surface area contributed by atoms with E-state index in [1.807, 2.05) is 30.0 Å². The van der Waals surface area contributed by atoms with Crippen molar-refractivity contribution in [1.82, 2.24) is 9.88 Å². The largest absolute Gasteiger partial charge is 0.342 e. The number of rotatable bonds is 4. The van der Waals surface area contributed by atoms with Gasteiger partial charge in [-0.2, -0.15) is 5.26 Å². The lowest BCUT2D eigenvalue weighted by atomic mass is 9.97. The van der Waals surface area contributed by atoms with Gasteiger partial charge >= 0.3 is 0 Å². The minimum Gasteiger partial charge on any atom is -0.342 e. The van der Waals surface area contributed by atoms with E-state index in [1.165, 1.54) is 24.0 Å². The van der Waals surface area contributed by atoms with Crippen LogP contribution in [-0.2, 0) is 4.79 Å². The van der Waals surface area contributed by atoms with Gasteiger partial charge in [0.15, 0.2) is 0 Å². The van der Waals surface area contributed by atoms with Crippen molar-refractivity contribution in [3.05, 3.63) is 63.4 Å². The first-order valence-electron chi connectivity index (χ1n) is 11.4. The SMILES string of the molecule is Cc1cc(Cl)cc(C=C2CCN(C(=O)C3CCCC3)CC2)c1NC(=O)c1cncc(C#N)c1. The molecule has 2 amide bonds. The highest BCUT2D eigenvalue weighted by molar-refractivity contribution is 6.31. The van der Waals surface area contributed by atoms with Gasteiger partial charge in [-0.1, -0.05) is 36.1 Å². The number of carbonyl (C=O) groups is 2. The molecule has 2 fully saturated rings. The molecule has 170 valence electrons. The quantitative estimate of drug-likeness (QED) is 0.662. The third-order valence-electron chi connectivity index (χ3n) is 6.48. The van der Waals surface area contributed by atoms with Crippen molar-refractivity contribution in [2.24, 2.45) is 5.92 Å². The van der Waals surface area contributed by atoms with Crippen molar-refractivity contribution in [3.63, 3.8) is 0 Å². The Hall–Kier alpha value is -3.17. The molecule has 0 unspecified atom stereocenters. The predicted molar refractivity (Wildman–Crippen MR) is 129 cm³/mol. The van der Waals surface area contributed by atoms with Crippen molar-refractivity contribution in [2.75, 3.05) is 18.4 Å². The van der Waals surface area contributed by atoms with Gasteiger partial charge in [0.1, 0.15) is 6.07 Å². The van der Waals surface area contributed by atoms with Crippen LogP contribution in [-0.4, -0.2) is 34.8 Å². The van der Waals surface area contributed by atoms with Crippen molar-refractivity contribution in [2.45, 2.75) is 45.4 Å². The Morgan fingerprint density at radius 3 is 2.61 bits per heavy atom. The molecule has 2 aromatic rings. The second kappa shape index (κ2) is 10.2. The van der Waals surface area contributed by atoms with E-state index >= 15 is 0 Å². The van der Waals surface area contributed by atoms with Gasteiger partial charge in [0.05, 0.1) is 16.8 Å². The summed E-state index contributed by atoms with van der Waals surface area (Å²) in [6.07, 6.45) is 10.9. The Kier molecular flexibility index (Phi) is 7.10. The molecule has 1 saturated carbocycles. The number of anilines is 1. The Bertz CT molecular complexity index is 1140. The molecule has 0 spiro atoms. The molecule has 2 aliphatic rings. The number of pyridine rings is 1. The first-order valence-corrected chi connectivity index (χ1v) is 11.8. The molecule has 0 bridgehead atoms. The second-order valence-corrected chi connectivity index (χ2v) is 9.26. The number of nitrogens with one attached hydrogen (secondary N) is 1. The molecule has 1 aliphatic heterocycles. The predicted octanol–water partition coefficient (Wildman–Crippen LogP) is 5.36. The number of halogens is 1. The maximum Gasteiger partial charge on any atom is 0.257 e. The van der Waals surface area contributed by atoms with Crippen LogP contribution in [0.1, 0.15) is 65.6 Å². The average molecular weight is 463 g/mol. The summed E-state index contributed by atoms with van der Waals surface area (Å²) < 4.78 is 0. The number of nitriles is 1. The number of nitrogens with zero attached hydrogens (tertiary/aromatic N) is 3. The number of amides is 2. The monoisotopic (exact) mass is 462 g/mol. The fraction of sp³-hybridized carbons (Fsp3) is 0.385. The van der Waals surface area contributed by atoms with Gasteiger partial charge in [0.2, 0.25) is 5.91 Å². The zero-order valence-electron chi connectivity index (χ0n) is 18.7. The van der Waals surface area contributed by atoms with E-state index in [1.54, 1.807) is 0 Å². The number of likely N-dealkylation sites (tertiary alicyclic amines) is 1.